The van der Waals surface area contributed by atoms with Crippen LogP contribution in [-0.2, 0) is 0 Å². The van der Waals surface area contributed by atoms with Gasteiger partial charge in [0, 0.05) is 22.3 Å². The van der Waals surface area contributed by atoms with Crippen molar-refractivity contribution in [3.63, 3.8) is 0 Å². The van der Waals surface area contributed by atoms with Gasteiger partial charge in [-0.3, -0.25) is 9.59 Å². The number of carbonyl (C=O) groups excluding carboxylic acids is 2. The summed E-state index contributed by atoms with van der Waals surface area (Å²) in [7, 11) is 0. The van der Waals surface area contributed by atoms with Gasteiger partial charge in [0.1, 0.15) is 0 Å². The first-order chi connectivity index (χ1) is 10.6. The summed E-state index contributed by atoms with van der Waals surface area (Å²) in [6.07, 6.45) is 5.88. The molecule has 0 saturated heterocycles. The molecule has 0 N–H and O–H groups in total. The van der Waals surface area contributed by atoms with Gasteiger partial charge < -0.3 is 0 Å². The Morgan fingerprint density at radius 1 is 0.818 bits per heavy atom. The number of allylic oxidation sites excluding steroid dienone is 3. The third-order valence-corrected chi connectivity index (χ3v) is 3.67. The molecule has 2 heteroatoms. The SMILES string of the molecule is CC(C)=C/C=C/c1ccc2c(c1)C(=O)c1ccccc1C2=O. The molecule has 2 aromatic carbocycles. The van der Waals surface area contributed by atoms with Gasteiger partial charge in [-0.05, 0) is 31.5 Å². The number of hydrogen-bond acceptors (Lipinski definition) is 2. The second kappa shape index (κ2) is 5.57. The zero-order valence-electron chi connectivity index (χ0n) is 12.6. The Hall–Kier alpha value is -2.74. The molecule has 1 aliphatic carbocycles. The number of fused-ring (bicyclic) bond motifs is 2. The molecule has 0 aliphatic heterocycles. The highest BCUT2D eigenvalue weighted by atomic mass is 16.1. The predicted octanol–water partition coefficient (Wildman–Crippen LogP) is 4.44. The van der Waals surface area contributed by atoms with Gasteiger partial charge >= 0.3 is 0 Å². The van der Waals surface area contributed by atoms with E-state index in [1.54, 1.807) is 36.4 Å². The van der Waals surface area contributed by atoms with Crippen LogP contribution >= 0.6 is 0 Å². The topological polar surface area (TPSA) is 34.1 Å². The van der Waals surface area contributed by atoms with Crippen LogP contribution in [0.15, 0.2) is 60.2 Å². The van der Waals surface area contributed by atoms with Crippen LogP contribution < -0.4 is 0 Å². The molecule has 22 heavy (non-hydrogen) atoms. The largest absolute Gasteiger partial charge is 0.289 e. The third-order valence-electron chi connectivity index (χ3n) is 3.67. The van der Waals surface area contributed by atoms with Crippen molar-refractivity contribution in [2.75, 3.05) is 0 Å². The summed E-state index contributed by atoms with van der Waals surface area (Å²) < 4.78 is 0. The molecule has 0 bridgehead atoms. The van der Waals surface area contributed by atoms with Gasteiger partial charge in [0.05, 0.1) is 0 Å². The maximum atomic E-state index is 12.6. The average Bonchev–Trinajstić information content (AvgIpc) is 2.52. The van der Waals surface area contributed by atoms with E-state index in [0.29, 0.717) is 22.3 Å². The lowest BCUT2D eigenvalue weighted by molar-refractivity contribution is 0.0979. The first kappa shape index (κ1) is 14.2. The molecule has 0 spiro atoms. The molecule has 0 unspecified atom stereocenters. The summed E-state index contributed by atoms with van der Waals surface area (Å²) in [5.74, 6) is -0.160. The fourth-order valence-electron chi connectivity index (χ4n) is 2.57. The van der Waals surface area contributed by atoms with Crippen molar-refractivity contribution in [3.8, 4) is 0 Å². The van der Waals surface area contributed by atoms with Crippen molar-refractivity contribution in [1.82, 2.24) is 0 Å². The standard InChI is InChI=1S/C20H16O2/c1-13(2)6-5-7-14-10-11-17-18(12-14)20(22)16-9-4-3-8-15(16)19(17)21/h3-12H,1-2H3/b7-5+. The third kappa shape index (κ3) is 2.44. The summed E-state index contributed by atoms with van der Waals surface area (Å²) in [4.78, 5) is 25.1. The van der Waals surface area contributed by atoms with Crippen LogP contribution in [0.2, 0.25) is 0 Å². The fourth-order valence-corrected chi connectivity index (χ4v) is 2.57. The molecule has 0 fully saturated rings. The summed E-state index contributed by atoms with van der Waals surface area (Å²) in [5.41, 5.74) is 4.08. The molecule has 0 radical (unpaired) electrons. The average molecular weight is 288 g/mol. The first-order valence-corrected chi connectivity index (χ1v) is 7.22. The molecule has 0 saturated carbocycles. The van der Waals surface area contributed by atoms with E-state index in [4.69, 9.17) is 0 Å². The van der Waals surface area contributed by atoms with Gasteiger partial charge in [-0.25, -0.2) is 0 Å². The predicted molar refractivity (Wildman–Crippen MR) is 88.2 cm³/mol. The van der Waals surface area contributed by atoms with Crippen molar-refractivity contribution < 1.29 is 9.59 Å². The molecule has 1 aliphatic rings. The number of hydrogen-bond donors (Lipinski definition) is 0. The van der Waals surface area contributed by atoms with Crippen molar-refractivity contribution >= 4 is 17.6 Å². The first-order valence-electron chi connectivity index (χ1n) is 7.22. The molecule has 108 valence electrons. The monoisotopic (exact) mass is 288 g/mol. The number of carbonyl (C=O) groups is 2. The van der Waals surface area contributed by atoms with E-state index in [9.17, 15) is 9.59 Å². The second-order valence-corrected chi connectivity index (χ2v) is 5.61. The van der Waals surface area contributed by atoms with Gasteiger partial charge in [0.25, 0.3) is 0 Å². The molecular weight excluding hydrogens is 272 g/mol. The van der Waals surface area contributed by atoms with E-state index in [2.05, 4.69) is 0 Å². The van der Waals surface area contributed by atoms with Gasteiger partial charge in [0.15, 0.2) is 11.6 Å². The minimum atomic E-state index is -0.0809. The summed E-state index contributed by atoms with van der Waals surface area (Å²) >= 11 is 0. The molecule has 3 rings (SSSR count). The van der Waals surface area contributed by atoms with E-state index in [0.717, 1.165) is 5.56 Å². The van der Waals surface area contributed by atoms with Crippen LogP contribution in [0.1, 0.15) is 51.3 Å². The van der Waals surface area contributed by atoms with Crippen molar-refractivity contribution in [1.29, 1.82) is 0 Å². The van der Waals surface area contributed by atoms with Crippen LogP contribution in [0.25, 0.3) is 6.08 Å². The van der Waals surface area contributed by atoms with Gasteiger partial charge in [-0.1, -0.05) is 54.1 Å². The zero-order chi connectivity index (χ0) is 15.7. The molecule has 0 amide bonds. The Labute approximate surface area is 129 Å². The maximum Gasteiger partial charge on any atom is 0.194 e. The fraction of sp³-hybridized carbons (Fsp3) is 0.100. The Kier molecular flexibility index (Phi) is 3.60. The van der Waals surface area contributed by atoms with Crippen molar-refractivity contribution in [2.24, 2.45) is 0 Å². The molecular formula is C20H16O2. The normalized spacial score (nSPS) is 13.0. The Balaban J connectivity index is 2.06. The molecule has 2 nitrogen and oxygen atoms in total. The summed E-state index contributed by atoms with van der Waals surface area (Å²) in [5, 5.41) is 0. The molecule has 0 heterocycles. The highest BCUT2D eigenvalue weighted by molar-refractivity contribution is 6.28. The lowest BCUT2D eigenvalue weighted by atomic mass is 9.83. The number of rotatable bonds is 2. The lowest BCUT2D eigenvalue weighted by Crippen LogP contribution is -2.20. The van der Waals surface area contributed by atoms with E-state index in [1.165, 1.54) is 5.57 Å². The van der Waals surface area contributed by atoms with Crippen LogP contribution in [-0.4, -0.2) is 11.6 Å². The minimum absolute atomic E-state index is 0.0787. The number of benzene rings is 2. The van der Waals surface area contributed by atoms with Crippen LogP contribution in [0, 0.1) is 0 Å². The quantitative estimate of drug-likeness (QED) is 0.653. The Morgan fingerprint density at radius 2 is 1.41 bits per heavy atom. The molecule has 0 atom stereocenters. The number of ketones is 2. The summed E-state index contributed by atoms with van der Waals surface area (Å²) in [6, 6.07) is 12.4. The molecule has 2 aromatic rings. The maximum absolute atomic E-state index is 12.6. The second-order valence-electron chi connectivity index (χ2n) is 5.61. The smallest absolute Gasteiger partial charge is 0.194 e. The van der Waals surface area contributed by atoms with Crippen LogP contribution in [0.4, 0.5) is 0 Å². The van der Waals surface area contributed by atoms with E-state index in [-0.39, 0.29) is 11.6 Å². The highest BCUT2D eigenvalue weighted by Crippen LogP contribution is 2.28. The van der Waals surface area contributed by atoms with Crippen molar-refractivity contribution in [2.45, 2.75) is 13.8 Å². The minimum Gasteiger partial charge on any atom is -0.289 e. The zero-order valence-corrected chi connectivity index (χ0v) is 12.6. The van der Waals surface area contributed by atoms with Crippen molar-refractivity contribution in [3.05, 3.63) is 88.0 Å². The van der Waals surface area contributed by atoms with Crippen LogP contribution in [0.3, 0.4) is 0 Å². The van der Waals surface area contributed by atoms with E-state index in [1.807, 2.05) is 38.1 Å². The Bertz CT molecular complexity index is 835. The van der Waals surface area contributed by atoms with Crippen LogP contribution in [0.5, 0.6) is 0 Å². The molecule has 0 aromatic heterocycles. The van der Waals surface area contributed by atoms with E-state index < -0.39 is 0 Å². The van der Waals surface area contributed by atoms with Gasteiger partial charge in [-0.15, -0.1) is 0 Å². The van der Waals surface area contributed by atoms with Gasteiger partial charge in [0.2, 0.25) is 0 Å². The highest BCUT2D eigenvalue weighted by Gasteiger charge is 2.28. The van der Waals surface area contributed by atoms with E-state index >= 15 is 0 Å². The lowest BCUT2D eigenvalue weighted by Gasteiger charge is -2.17. The Morgan fingerprint density at radius 3 is 2.05 bits per heavy atom. The summed E-state index contributed by atoms with van der Waals surface area (Å²) in [6.45, 7) is 4.05. The van der Waals surface area contributed by atoms with Gasteiger partial charge in [-0.2, -0.15) is 0 Å².